The summed E-state index contributed by atoms with van der Waals surface area (Å²) in [5.74, 6) is -2.11. The lowest BCUT2D eigenvalue weighted by atomic mass is 10.1. The Bertz CT molecular complexity index is 410. The van der Waals surface area contributed by atoms with E-state index in [-0.39, 0.29) is 12.1 Å². The third-order valence-electron chi connectivity index (χ3n) is 1.91. The highest BCUT2D eigenvalue weighted by Gasteiger charge is 2.23. The summed E-state index contributed by atoms with van der Waals surface area (Å²) in [6.07, 6.45) is -3.06. The first-order valence-corrected chi connectivity index (χ1v) is 4.27. The van der Waals surface area contributed by atoms with Crippen LogP contribution in [-0.2, 0) is 11.3 Å². The molecule has 16 heavy (non-hydrogen) atoms. The van der Waals surface area contributed by atoms with Crippen molar-refractivity contribution >= 4 is 5.97 Å². The lowest BCUT2D eigenvalue weighted by Crippen LogP contribution is -2.13. The molecule has 0 atom stereocenters. The number of ether oxygens (including phenoxy) is 1. The summed E-state index contributed by atoms with van der Waals surface area (Å²) in [6, 6.07) is 0.926. The second-order valence-corrected chi connectivity index (χ2v) is 2.87. The van der Waals surface area contributed by atoms with E-state index in [0.29, 0.717) is 0 Å². The van der Waals surface area contributed by atoms with E-state index < -0.39 is 29.6 Å². The second-order valence-electron chi connectivity index (χ2n) is 2.87. The van der Waals surface area contributed by atoms with Crippen molar-refractivity contribution in [2.45, 2.75) is 13.0 Å². The highest BCUT2D eigenvalue weighted by Crippen LogP contribution is 2.23. The van der Waals surface area contributed by atoms with Gasteiger partial charge >= 0.3 is 5.97 Å². The first-order chi connectivity index (χ1) is 7.51. The van der Waals surface area contributed by atoms with Crippen molar-refractivity contribution in [2.75, 3.05) is 7.11 Å². The van der Waals surface area contributed by atoms with Crippen molar-refractivity contribution in [1.29, 1.82) is 0 Å². The van der Waals surface area contributed by atoms with Crippen molar-refractivity contribution in [1.82, 2.24) is 4.98 Å². The van der Waals surface area contributed by atoms with Gasteiger partial charge in [0.25, 0.3) is 6.43 Å². The van der Waals surface area contributed by atoms with Crippen LogP contribution in [0.5, 0.6) is 0 Å². The molecule has 0 saturated heterocycles. The van der Waals surface area contributed by atoms with E-state index in [0.717, 1.165) is 13.2 Å². The molecule has 7 heteroatoms. The van der Waals surface area contributed by atoms with Crippen LogP contribution in [0, 0.1) is 5.95 Å². The van der Waals surface area contributed by atoms with Gasteiger partial charge in [0.1, 0.15) is 5.69 Å². The molecule has 2 N–H and O–H groups in total. The molecular weight excluding hydrogens is 225 g/mol. The second kappa shape index (κ2) is 4.93. The van der Waals surface area contributed by atoms with Crippen LogP contribution in [0.25, 0.3) is 0 Å². The number of carbonyl (C=O) groups excluding carboxylic acids is 1. The molecule has 0 aliphatic heterocycles. The normalized spacial score (nSPS) is 10.6. The molecule has 0 aliphatic carbocycles. The van der Waals surface area contributed by atoms with E-state index in [9.17, 15) is 18.0 Å². The topological polar surface area (TPSA) is 65.2 Å². The van der Waals surface area contributed by atoms with Gasteiger partial charge < -0.3 is 10.5 Å². The van der Waals surface area contributed by atoms with Gasteiger partial charge in [-0.15, -0.1) is 0 Å². The number of aromatic nitrogens is 1. The molecule has 0 fully saturated rings. The van der Waals surface area contributed by atoms with Crippen LogP contribution in [0.2, 0.25) is 0 Å². The maximum Gasteiger partial charge on any atom is 0.339 e. The summed E-state index contributed by atoms with van der Waals surface area (Å²) in [5.41, 5.74) is 3.63. The maximum atomic E-state index is 13.1. The third-order valence-corrected chi connectivity index (χ3v) is 1.91. The van der Waals surface area contributed by atoms with Crippen LogP contribution >= 0.6 is 0 Å². The minimum absolute atomic E-state index is 0.121. The minimum Gasteiger partial charge on any atom is -0.465 e. The molecule has 1 rings (SSSR count). The maximum absolute atomic E-state index is 13.1. The summed E-state index contributed by atoms with van der Waals surface area (Å²) in [7, 11) is 1.03. The lowest BCUT2D eigenvalue weighted by molar-refractivity contribution is 0.0586. The third kappa shape index (κ3) is 2.30. The molecule has 0 aliphatic rings. The molecule has 0 amide bonds. The number of methoxy groups -OCH3 is 1. The first kappa shape index (κ1) is 12.4. The zero-order valence-corrected chi connectivity index (χ0v) is 8.34. The van der Waals surface area contributed by atoms with E-state index in [1.165, 1.54) is 0 Å². The van der Waals surface area contributed by atoms with E-state index in [1.807, 2.05) is 0 Å². The molecule has 0 radical (unpaired) electrons. The number of hydrogen-bond donors (Lipinski definition) is 1. The van der Waals surface area contributed by atoms with E-state index in [1.54, 1.807) is 0 Å². The Hall–Kier alpha value is -1.63. The van der Waals surface area contributed by atoms with Gasteiger partial charge in [-0.2, -0.15) is 4.39 Å². The summed E-state index contributed by atoms with van der Waals surface area (Å²) in [5, 5.41) is 0. The molecular formula is C9H9F3N2O2. The highest BCUT2D eigenvalue weighted by molar-refractivity contribution is 5.90. The number of halogens is 3. The van der Waals surface area contributed by atoms with Crippen LogP contribution < -0.4 is 5.73 Å². The Balaban J connectivity index is 3.36. The van der Waals surface area contributed by atoms with E-state index >= 15 is 0 Å². The highest BCUT2D eigenvalue weighted by atomic mass is 19.3. The van der Waals surface area contributed by atoms with Crippen LogP contribution in [0.3, 0.4) is 0 Å². The van der Waals surface area contributed by atoms with Gasteiger partial charge in [-0.1, -0.05) is 0 Å². The number of rotatable bonds is 3. The Labute approximate surface area is 89.2 Å². The standard InChI is InChI=1S/C9H9F3N2O2/c1-16-9(15)5-2-4(3-13)8(12)14-6(5)7(10)11/h2,7H,3,13H2,1H3. The Morgan fingerprint density at radius 1 is 1.62 bits per heavy atom. The van der Waals surface area contributed by atoms with Gasteiger partial charge in [0, 0.05) is 12.1 Å². The average Bonchev–Trinajstić information content (AvgIpc) is 2.27. The fraction of sp³-hybridized carbons (Fsp3) is 0.333. The number of esters is 1. The summed E-state index contributed by atoms with van der Waals surface area (Å²) in [4.78, 5) is 14.2. The molecule has 0 unspecified atom stereocenters. The molecule has 0 spiro atoms. The van der Waals surface area contributed by atoms with Crippen LogP contribution in [0.4, 0.5) is 13.2 Å². The van der Waals surface area contributed by atoms with Crippen molar-refractivity contribution < 1.29 is 22.7 Å². The number of pyridine rings is 1. The van der Waals surface area contributed by atoms with Gasteiger partial charge in [0.05, 0.1) is 12.7 Å². The quantitative estimate of drug-likeness (QED) is 0.634. The molecule has 0 bridgehead atoms. The van der Waals surface area contributed by atoms with Crippen molar-refractivity contribution in [2.24, 2.45) is 5.73 Å². The van der Waals surface area contributed by atoms with Gasteiger partial charge in [0.2, 0.25) is 5.95 Å². The largest absolute Gasteiger partial charge is 0.465 e. The fourth-order valence-electron chi connectivity index (χ4n) is 1.13. The molecule has 0 saturated carbocycles. The number of carbonyl (C=O) groups is 1. The van der Waals surface area contributed by atoms with Gasteiger partial charge in [0.15, 0.2) is 0 Å². The van der Waals surface area contributed by atoms with Crippen molar-refractivity contribution in [3.05, 3.63) is 28.8 Å². The molecule has 0 aromatic carbocycles. The smallest absolute Gasteiger partial charge is 0.339 e. The van der Waals surface area contributed by atoms with Crippen LogP contribution in [0.1, 0.15) is 28.0 Å². The van der Waals surface area contributed by atoms with Crippen molar-refractivity contribution in [3.63, 3.8) is 0 Å². The van der Waals surface area contributed by atoms with Crippen LogP contribution in [0.15, 0.2) is 6.07 Å². The Morgan fingerprint density at radius 3 is 2.69 bits per heavy atom. The monoisotopic (exact) mass is 234 g/mol. The molecule has 88 valence electrons. The van der Waals surface area contributed by atoms with E-state index in [2.05, 4.69) is 9.72 Å². The zero-order chi connectivity index (χ0) is 12.3. The lowest BCUT2D eigenvalue weighted by Gasteiger charge is -2.08. The number of hydrogen-bond acceptors (Lipinski definition) is 4. The average molecular weight is 234 g/mol. The van der Waals surface area contributed by atoms with E-state index in [4.69, 9.17) is 5.73 Å². The Morgan fingerprint density at radius 2 is 2.25 bits per heavy atom. The molecule has 1 aromatic heterocycles. The summed E-state index contributed by atoms with van der Waals surface area (Å²) < 4.78 is 42.3. The first-order valence-electron chi connectivity index (χ1n) is 4.27. The zero-order valence-electron chi connectivity index (χ0n) is 8.34. The summed E-state index contributed by atoms with van der Waals surface area (Å²) in [6.45, 7) is -0.244. The van der Waals surface area contributed by atoms with Gasteiger partial charge in [-0.05, 0) is 6.07 Å². The number of alkyl halides is 2. The van der Waals surface area contributed by atoms with Gasteiger partial charge in [-0.3, -0.25) is 0 Å². The fourth-order valence-corrected chi connectivity index (χ4v) is 1.13. The SMILES string of the molecule is COC(=O)c1cc(CN)c(F)nc1C(F)F. The van der Waals surface area contributed by atoms with Gasteiger partial charge in [-0.25, -0.2) is 18.6 Å². The van der Waals surface area contributed by atoms with Crippen LogP contribution in [-0.4, -0.2) is 18.1 Å². The summed E-state index contributed by atoms with van der Waals surface area (Å²) >= 11 is 0. The molecule has 1 aromatic rings. The predicted molar refractivity (Wildman–Crippen MR) is 48.4 cm³/mol. The Kier molecular flexibility index (Phi) is 3.83. The molecule has 1 heterocycles. The molecule has 4 nitrogen and oxygen atoms in total. The minimum atomic E-state index is -3.06. The number of nitrogens with zero attached hydrogens (tertiary/aromatic N) is 1. The predicted octanol–water partition coefficient (Wildman–Crippen LogP) is 1.40. The number of nitrogens with two attached hydrogens (primary N) is 1. The van der Waals surface area contributed by atoms with Crippen molar-refractivity contribution in [3.8, 4) is 0 Å².